The van der Waals surface area contributed by atoms with Crippen LogP contribution >= 0.6 is 0 Å². The molecular weight excluding hydrogens is 370 g/mol. The van der Waals surface area contributed by atoms with Crippen LogP contribution in [0.15, 0.2) is 53.6 Å². The molecule has 0 fully saturated rings. The second kappa shape index (κ2) is 9.04. The van der Waals surface area contributed by atoms with Crippen molar-refractivity contribution in [3.8, 4) is 11.5 Å². The molecule has 0 spiro atoms. The molecule has 0 aliphatic carbocycles. The normalized spacial score (nSPS) is 11.2. The predicted octanol–water partition coefficient (Wildman–Crippen LogP) is 1.62. The van der Waals surface area contributed by atoms with E-state index in [9.17, 15) is 13.2 Å². The van der Waals surface area contributed by atoms with Crippen molar-refractivity contribution in [2.45, 2.75) is 0 Å². The van der Waals surface area contributed by atoms with E-state index in [-0.39, 0.29) is 0 Å². The Morgan fingerprint density at radius 2 is 1.78 bits per heavy atom. The van der Waals surface area contributed by atoms with Crippen molar-refractivity contribution in [2.75, 3.05) is 31.3 Å². The Kier molecular flexibility index (Phi) is 6.78. The van der Waals surface area contributed by atoms with Crippen molar-refractivity contribution in [1.29, 1.82) is 0 Å². The number of hydrogen-bond donors (Lipinski definition) is 1. The first kappa shape index (κ1) is 20.2. The molecule has 144 valence electrons. The van der Waals surface area contributed by atoms with Crippen molar-refractivity contribution in [2.24, 2.45) is 5.10 Å². The van der Waals surface area contributed by atoms with Crippen molar-refractivity contribution in [3.05, 3.63) is 54.1 Å². The Bertz CT molecular complexity index is 911. The van der Waals surface area contributed by atoms with Gasteiger partial charge in [0.1, 0.15) is 18.0 Å². The van der Waals surface area contributed by atoms with Gasteiger partial charge in [-0.3, -0.25) is 9.10 Å². The van der Waals surface area contributed by atoms with E-state index in [0.717, 1.165) is 16.1 Å². The van der Waals surface area contributed by atoms with Crippen molar-refractivity contribution >= 4 is 27.8 Å². The van der Waals surface area contributed by atoms with Gasteiger partial charge in [-0.2, -0.15) is 5.10 Å². The number of methoxy groups -OCH3 is 2. The summed E-state index contributed by atoms with van der Waals surface area (Å²) in [5.74, 6) is 0.669. The lowest BCUT2D eigenvalue weighted by molar-refractivity contribution is -0.119. The minimum absolute atomic E-state index is 0.352. The van der Waals surface area contributed by atoms with Gasteiger partial charge < -0.3 is 9.47 Å². The molecule has 0 atom stereocenters. The maximum atomic E-state index is 12.1. The number of carbonyl (C=O) groups is 1. The summed E-state index contributed by atoms with van der Waals surface area (Å²) in [6.07, 6.45) is 2.47. The fourth-order valence-corrected chi connectivity index (χ4v) is 3.07. The van der Waals surface area contributed by atoms with Gasteiger partial charge in [0.15, 0.2) is 0 Å². The third kappa shape index (κ3) is 6.00. The molecule has 0 unspecified atom stereocenters. The van der Waals surface area contributed by atoms with E-state index in [1.807, 2.05) is 0 Å². The van der Waals surface area contributed by atoms with Crippen molar-refractivity contribution in [1.82, 2.24) is 5.43 Å². The molecule has 9 heteroatoms. The van der Waals surface area contributed by atoms with Crippen LogP contribution in [0, 0.1) is 0 Å². The molecule has 27 heavy (non-hydrogen) atoms. The number of nitrogens with zero attached hydrogens (tertiary/aromatic N) is 2. The highest BCUT2D eigenvalue weighted by Gasteiger charge is 2.20. The second-order valence-corrected chi connectivity index (χ2v) is 7.44. The van der Waals surface area contributed by atoms with Gasteiger partial charge in [0, 0.05) is 0 Å². The first-order chi connectivity index (χ1) is 12.8. The maximum absolute atomic E-state index is 12.1. The highest BCUT2D eigenvalue weighted by Crippen LogP contribution is 2.21. The SMILES string of the molecule is COc1ccc(N(CC(=O)N/N=C\c2cccc(OC)c2)S(C)(=O)=O)cc1. The van der Waals surface area contributed by atoms with Crippen LogP contribution in [-0.4, -0.2) is 47.6 Å². The van der Waals surface area contributed by atoms with Gasteiger partial charge in [-0.15, -0.1) is 0 Å². The van der Waals surface area contributed by atoms with Crippen LogP contribution in [0.3, 0.4) is 0 Å². The van der Waals surface area contributed by atoms with E-state index < -0.39 is 22.5 Å². The maximum Gasteiger partial charge on any atom is 0.260 e. The minimum atomic E-state index is -3.66. The Labute approximate surface area is 158 Å². The lowest BCUT2D eigenvalue weighted by atomic mass is 10.2. The third-order valence-electron chi connectivity index (χ3n) is 3.54. The summed E-state index contributed by atoms with van der Waals surface area (Å²) in [5.41, 5.74) is 3.40. The standard InChI is InChI=1S/C18H21N3O5S/c1-25-16-9-7-15(8-10-16)21(27(3,23)24)13-18(22)20-19-12-14-5-4-6-17(11-14)26-2/h4-12H,13H2,1-3H3,(H,20,22)/b19-12-. The summed E-state index contributed by atoms with van der Waals surface area (Å²) < 4.78 is 35.2. The van der Waals surface area contributed by atoms with E-state index in [1.54, 1.807) is 55.6 Å². The molecule has 0 heterocycles. The van der Waals surface area contributed by atoms with Gasteiger partial charge in [0.2, 0.25) is 10.0 Å². The first-order valence-electron chi connectivity index (χ1n) is 7.91. The number of hydrogen-bond acceptors (Lipinski definition) is 6. The average molecular weight is 391 g/mol. The Balaban J connectivity index is 2.06. The number of benzene rings is 2. The molecule has 0 saturated carbocycles. The molecule has 2 rings (SSSR count). The minimum Gasteiger partial charge on any atom is -0.497 e. The molecule has 0 bridgehead atoms. The van der Waals surface area contributed by atoms with Gasteiger partial charge in [0.05, 0.1) is 32.4 Å². The van der Waals surface area contributed by atoms with Crippen LogP contribution in [0.2, 0.25) is 0 Å². The predicted molar refractivity (Wildman–Crippen MR) is 104 cm³/mol. The number of hydrazone groups is 1. The van der Waals surface area contributed by atoms with Crippen molar-refractivity contribution < 1.29 is 22.7 Å². The summed E-state index contributed by atoms with van der Waals surface area (Å²) in [5, 5.41) is 3.85. The number of nitrogens with one attached hydrogen (secondary N) is 1. The van der Waals surface area contributed by atoms with Crippen LogP contribution in [0.1, 0.15) is 5.56 Å². The fraction of sp³-hybridized carbons (Fsp3) is 0.222. The second-order valence-electron chi connectivity index (χ2n) is 5.54. The number of amides is 1. The van der Waals surface area contributed by atoms with E-state index in [4.69, 9.17) is 9.47 Å². The van der Waals surface area contributed by atoms with Crippen molar-refractivity contribution in [3.63, 3.8) is 0 Å². The molecule has 0 saturated heterocycles. The molecule has 0 aliphatic heterocycles. The smallest absolute Gasteiger partial charge is 0.260 e. The fourth-order valence-electron chi connectivity index (χ4n) is 2.21. The number of rotatable bonds is 8. The molecule has 8 nitrogen and oxygen atoms in total. The molecular formula is C18H21N3O5S. The average Bonchev–Trinajstić information content (AvgIpc) is 2.65. The zero-order valence-corrected chi connectivity index (χ0v) is 16.1. The van der Waals surface area contributed by atoms with Crippen LogP contribution in [0.4, 0.5) is 5.69 Å². The Morgan fingerprint density at radius 1 is 1.11 bits per heavy atom. The van der Waals surface area contributed by atoms with Crippen LogP contribution < -0.4 is 19.2 Å². The lowest BCUT2D eigenvalue weighted by Gasteiger charge is -2.21. The molecule has 2 aromatic carbocycles. The molecule has 0 aromatic heterocycles. The molecule has 0 radical (unpaired) electrons. The van der Waals surface area contributed by atoms with Gasteiger partial charge in [-0.05, 0) is 42.0 Å². The van der Waals surface area contributed by atoms with Crippen LogP contribution in [-0.2, 0) is 14.8 Å². The van der Waals surface area contributed by atoms with Gasteiger partial charge in [0.25, 0.3) is 5.91 Å². The summed E-state index contributed by atoms with van der Waals surface area (Å²) in [7, 11) is -0.592. The number of carbonyl (C=O) groups excluding carboxylic acids is 1. The molecule has 2 aromatic rings. The number of sulfonamides is 1. The quantitative estimate of drug-likeness (QED) is 0.545. The van der Waals surface area contributed by atoms with Crippen LogP contribution in [0.25, 0.3) is 0 Å². The van der Waals surface area contributed by atoms with Gasteiger partial charge in [-0.1, -0.05) is 12.1 Å². The number of ether oxygens (including phenoxy) is 2. The first-order valence-corrected chi connectivity index (χ1v) is 9.76. The highest BCUT2D eigenvalue weighted by molar-refractivity contribution is 7.92. The lowest BCUT2D eigenvalue weighted by Crippen LogP contribution is -2.39. The summed E-state index contributed by atoms with van der Waals surface area (Å²) in [6, 6.07) is 13.5. The molecule has 1 N–H and O–H groups in total. The molecule has 1 amide bonds. The number of anilines is 1. The van der Waals surface area contributed by atoms with Gasteiger partial charge in [-0.25, -0.2) is 13.8 Å². The van der Waals surface area contributed by atoms with E-state index in [0.29, 0.717) is 17.2 Å². The monoisotopic (exact) mass is 391 g/mol. The highest BCUT2D eigenvalue weighted by atomic mass is 32.2. The van der Waals surface area contributed by atoms with Gasteiger partial charge >= 0.3 is 0 Å². The summed E-state index contributed by atoms with van der Waals surface area (Å²) in [4.78, 5) is 12.1. The zero-order valence-electron chi connectivity index (χ0n) is 15.2. The van der Waals surface area contributed by atoms with E-state index in [2.05, 4.69) is 10.5 Å². The Morgan fingerprint density at radius 3 is 2.37 bits per heavy atom. The third-order valence-corrected chi connectivity index (χ3v) is 4.69. The van der Waals surface area contributed by atoms with E-state index in [1.165, 1.54) is 13.3 Å². The van der Waals surface area contributed by atoms with E-state index >= 15 is 0 Å². The topological polar surface area (TPSA) is 97.3 Å². The zero-order chi connectivity index (χ0) is 19.9. The summed E-state index contributed by atoms with van der Waals surface area (Å²) in [6.45, 7) is -0.402. The largest absolute Gasteiger partial charge is 0.497 e. The molecule has 0 aliphatic rings. The van der Waals surface area contributed by atoms with Crippen LogP contribution in [0.5, 0.6) is 11.5 Å². The summed E-state index contributed by atoms with van der Waals surface area (Å²) >= 11 is 0. The Hall–Kier alpha value is -3.07.